The number of ether oxygens (including phenoxy) is 1. The smallest absolute Gasteiger partial charge is 0.167 e. The average Bonchev–Trinajstić information content (AvgIpc) is 2.88. The van der Waals surface area contributed by atoms with Gasteiger partial charge in [-0.05, 0) is 0 Å². The number of imidazole rings is 1. The van der Waals surface area contributed by atoms with Gasteiger partial charge in [0, 0.05) is 14.1 Å². The quantitative estimate of drug-likeness (QED) is 0.613. The van der Waals surface area contributed by atoms with Gasteiger partial charge in [-0.15, -0.1) is 0 Å². The van der Waals surface area contributed by atoms with Crippen molar-refractivity contribution in [3.63, 3.8) is 0 Å². The highest BCUT2D eigenvalue weighted by Crippen LogP contribution is 2.28. The van der Waals surface area contributed by atoms with Crippen LogP contribution in [0.3, 0.4) is 0 Å². The maximum Gasteiger partial charge on any atom is 0.167 e. The molecule has 1 aliphatic heterocycles. The molecule has 0 radical (unpaired) electrons. The molecule has 3 rings (SSSR count). The molecule has 9 nitrogen and oxygen atoms in total. The van der Waals surface area contributed by atoms with Crippen LogP contribution in [0.5, 0.6) is 0 Å². The van der Waals surface area contributed by atoms with E-state index in [1.54, 1.807) is 4.90 Å². The fourth-order valence-electron chi connectivity index (χ4n) is 2.39. The summed E-state index contributed by atoms with van der Waals surface area (Å²) >= 11 is 0. The maximum atomic E-state index is 10.1. The van der Waals surface area contributed by atoms with Gasteiger partial charge >= 0.3 is 0 Å². The standard InChI is InChI=1S/C12H17N5O4/c1-16(2)10-7-11(14-4-13-10)17(5-15-7)12-9(20)8(19)6(18)3-21-12/h4-6,8-9,12,18-20H,3H2,1-2H3/t6-,8-,9-,12+/m1/s1. The lowest BCUT2D eigenvalue weighted by molar-refractivity contribution is -0.210. The first-order chi connectivity index (χ1) is 10.0. The Morgan fingerprint density at radius 1 is 1.19 bits per heavy atom. The zero-order chi connectivity index (χ0) is 15.1. The summed E-state index contributed by atoms with van der Waals surface area (Å²) < 4.78 is 6.95. The first-order valence-electron chi connectivity index (χ1n) is 6.51. The maximum absolute atomic E-state index is 10.1. The molecule has 0 unspecified atom stereocenters. The molecule has 3 heterocycles. The van der Waals surface area contributed by atoms with E-state index < -0.39 is 24.5 Å². The third-order valence-electron chi connectivity index (χ3n) is 3.51. The van der Waals surface area contributed by atoms with Crippen LogP contribution in [-0.2, 0) is 4.74 Å². The highest BCUT2D eigenvalue weighted by molar-refractivity contribution is 5.83. The molecule has 0 spiro atoms. The molecule has 0 bridgehead atoms. The normalized spacial score (nSPS) is 29.8. The number of hydrogen-bond acceptors (Lipinski definition) is 8. The van der Waals surface area contributed by atoms with Gasteiger partial charge in [0.05, 0.1) is 12.9 Å². The van der Waals surface area contributed by atoms with Crippen LogP contribution < -0.4 is 4.90 Å². The molecule has 4 atom stereocenters. The van der Waals surface area contributed by atoms with Gasteiger partial charge in [-0.3, -0.25) is 4.57 Å². The fraction of sp³-hybridized carbons (Fsp3) is 0.583. The van der Waals surface area contributed by atoms with Crippen molar-refractivity contribution < 1.29 is 20.1 Å². The van der Waals surface area contributed by atoms with Crippen LogP contribution in [0.25, 0.3) is 11.2 Å². The Labute approximate surface area is 120 Å². The van der Waals surface area contributed by atoms with Crippen molar-refractivity contribution >= 4 is 17.0 Å². The van der Waals surface area contributed by atoms with E-state index in [1.807, 2.05) is 14.1 Å². The number of aromatic nitrogens is 4. The van der Waals surface area contributed by atoms with Crippen LogP contribution in [0.15, 0.2) is 12.7 Å². The van der Waals surface area contributed by atoms with E-state index in [9.17, 15) is 15.3 Å². The van der Waals surface area contributed by atoms with Gasteiger partial charge in [-0.1, -0.05) is 0 Å². The summed E-state index contributed by atoms with van der Waals surface area (Å²) in [6, 6.07) is 0. The molecule has 1 aliphatic rings. The Balaban J connectivity index is 2.04. The summed E-state index contributed by atoms with van der Waals surface area (Å²) in [5, 5.41) is 29.4. The molecule has 1 fully saturated rings. The lowest BCUT2D eigenvalue weighted by Gasteiger charge is -2.35. The number of rotatable bonds is 2. The fourth-order valence-corrected chi connectivity index (χ4v) is 2.39. The van der Waals surface area contributed by atoms with Gasteiger partial charge < -0.3 is 25.0 Å². The Morgan fingerprint density at radius 3 is 2.67 bits per heavy atom. The SMILES string of the molecule is CN(C)c1ncnc2c1ncn2[C@H]1OC[C@@H](O)[C@@H](O)[C@H]1O. The molecular formula is C12H17N5O4. The first-order valence-corrected chi connectivity index (χ1v) is 6.51. The van der Waals surface area contributed by atoms with E-state index >= 15 is 0 Å². The third kappa shape index (κ3) is 2.23. The van der Waals surface area contributed by atoms with Crippen LogP contribution in [0, 0.1) is 0 Å². The lowest BCUT2D eigenvalue weighted by Crippen LogP contribution is -2.50. The van der Waals surface area contributed by atoms with E-state index in [1.165, 1.54) is 17.2 Å². The summed E-state index contributed by atoms with van der Waals surface area (Å²) in [4.78, 5) is 14.4. The molecule has 21 heavy (non-hydrogen) atoms. The lowest BCUT2D eigenvalue weighted by atomic mass is 10.0. The topological polar surface area (TPSA) is 117 Å². The second-order valence-corrected chi connectivity index (χ2v) is 5.19. The molecule has 9 heteroatoms. The Bertz CT molecular complexity index is 646. The number of nitrogens with zero attached hydrogens (tertiary/aromatic N) is 5. The summed E-state index contributed by atoms with van der Waals surface area (Å²) in [5.74, 6) is 0.643. The Hall–Kier alpha value is -1.81. The van der Waals surface area contributed by atoms with Crippen LogP contribution in [0.1, 0.15) is 6.23 Å². The summed E-state index contributed by atoms with van der Waals surface area (Å²) in [7, 11) is 3.68. The number of anilines is 1. The highest BCUT2D eigenvalue weighted by Gasteiger charge is 2.39. The van der Waals surface area contributed by atoms with Gasteiger partial charge in [0.1, 0.15) is 24.6 Å². The molecule has 0 amide bonds. The van der Waals surface area contributed by atoms with E-state index in [-0.39, 0.29) is 6.61 Å². The van der Waals surface area contributed by atoms with Crippen LogP contribution in [-0.4, -0.2) is 73.9 Å². The van der Waals surface area contributed by atoms with Crippen LogP contribution in [0.4, 0.5) is 5.82 Å². The van der Waals surface area contributed by atoms with E-state index in [0.29, 0.717) is 17.0 Å². The van der Waals surface area contributed by atoms with E-state index in [0.717, 1.165) is 0 Å². The number of fused-ring (bicyclic) bond motifs is 1. The number of hydrogen-bond donors (Lipinski definition) is 3. The van der Waals surface area contributed by atoms with E-state index in [4.69, 9.17) is 4.74 Å². The van der Waals surface area contributed by atoms with Gasteiger partial charge in [0.15, 0.2) is 23.2 Å². The highest BCUT2D eigenvalue weighted by atomic mass is 16.5. The third-order valence-corrected chi connectivity index (χ3v) is 3.51. The molecule has 0 saturated carbocycles. The van der Waals surface area contributed by atoms with Gasteiger partial charge in [0.25, 0.3) is 0 Å². The zero-order valence-electron chi connectivity index (χ0n) is 11.7. The van der Waals surface area contributed by atoms with Crippen molar-refractivity contribution in [3.05, 3.63) is 12.7 Å². The predicted octanol–water partition coefficient (Wildman–Crippen LogP) is -1.50. The molecule has 2 aromatic heterocycles. The monoisotopic (exact) mass is 295 g/mol. The Morgan fingerprint density at radius 2 is 1.95 bits per heavy atom. The second-order valence-electron chi connectivity index (χ2n) is 5.19. The van der Waals surface area contributed by atoms with Crippen molar-refractivity contribution in [2.24, 2.45) is 0 Å². The van der Waals surface area contributed by atoms with Gasteiger partial charge in [-0.2, -0.15) is 0 Å². The number of aliphatic hydroxyl groups is 3. The summed E-state index contributed by atoms with van der Waals surface area (Å²) in [5.41, 5.74) is 1.06. The second kappa shape index (κ2) is 5.19. The largest absolute Gasteiger partial charge is 0.388 e. The molecule has 0 aromatic carbocycles. The molecule has 1 saturated heterocycles. The van der Waals surface area contributed by atoms with Gasteiger partial charge in [-0.25, -0.2) is 15.0 Å². The van der Waals surface area contributed by atoms with E-state index in [2.05, 4.69) is 15.0 Å². The van der Waals surface area contributed by atoms with Gasteiger partial charge in [0.2, 0.25) is 0 Å². The first kappa shape index (κ1) is 14.1. The van der Waals surface area contributed by atoms with Crippen LogP contribution in [0.2, 0.25) is 0 Å². The molecule has 3 N–H and O–H groups in total. The summed E-state index contributed by atoms with van der Waals surface area (Å²) in [6.45, 7) is -0.0752. The van der Waals surface area contributed by atoms with Crippen molar-refractivity contribution in [1.29, 1.82) is 0 Å². The van der Waals surface area contributed by atoms with Crippen molar-refractivity contribution in [1.82, 2.24) is 19.5 Å². The minimum Gasteiger partial charge on any atom is -0.388 e. The molecular weight excluding hydrogens is 278 g/mol. The minimum absolute atomic E-state index is 0.0752. The predicted molar refractivity (Wildman–Crippen MR) is 72.7 cm³/mol. The minimum atomic E-state index is -1.28. The van der Waals surface area contributed by atoms with Crippen LogP contribution >= 0.6 is 0 Å². The zero-order valence-corrected chi connectivity index (χ0v) is 11.7. The average molecular weight is 295 g/mol. The summed E-state index contributed by atoms with van der Waals surface area (Å²) in [6.07, 6.45) is -1.65. The van der Waals surface area contributed by atoms with Crippen molar-refractivity contribution in [2.75, 3.05) is 25.6 Å². The molecule has 2 aromatic rings. The van der Waals surface area contributed by atoms with Crippen molar-refractivity contribution in [3.8, 4) is 0 Å². The molecule has 114 valence electrons. The number of aliphatic hydroxyl groups excluding tert-OH is 3. The molecule has 0 aliphatic carbocycles. The van der Waals surface area contributed by atoms with Crippen molar-refractivity contribution in [2.45, 2.75) is 24.5 Å². The Kier molecular flexibility index (Phi) is 3.49.